The number of pyridine rings is 1. The van der Waals surface area contributed by atoms with Crippen molar-refractivity contribution in [2.24, 2.45) is 0 Å². The predicted molar refractivity (Wildman–Crippen MR) is 147 cm³/mol. The zero-order valence-electron chi connectivity index (χ0n) is 21.4. The number of nitrogens with one attached hydrogen (secondary N) is 3. The number of amides is 2. The number of carbonyl (C=O) groups excluding carboxylic acids is 2. The molecule has 0 fully saturated rings. The summed E-state index contributed by atoms with van der Waals surface area (Å²) in [7, 11) is 1.65. The summed E-state index contributed by atoms with van der Waals surface area (Å²) in [5, 5.41) is 13.5. The summed E-state index contributed by atoms with van der Waals surface area (Å²) in [6.07, 6.45) is 11.0. The van der Waals surface area contributed by atoms with E-state index in [4.69, 9.17) is 0 Å². The SMILES string of the molecule is CNC(=O)CCCCC[C@H](NC(=O)Cn1cc2ccccc2n1)c1ncc(-c2ccc3ccncc3c2)[nH]1. The molecule has 0 spiro atoms. The van der Waals surface area contributed by atoms with Gasteiger partial charge in [-0.25, -0.2) is 4.98 Å². The van der Waals surface area contributed by atoms with E-state index in [1.165, 1.54) is 0 Å². The van der Waals surface area contributed by atoms with Crippen LogP contribution in [0.2, 0.25) is 0 Å². The van der Waals surface area contributed by atoms with E-state index in [-0.39, 0.29) is 24.4 Å². The Morgan fingerprint density at radius 3 is 2.74 bits per heavy atom. The Morgan fingerprint density at radius 1 is 0.974 bits per heavy atom. The number of hydrogen-bond acceptors (Lipinski definition) is 5. The molecule has 9 heteroatoms. The zero-order valence-corrected chi connectivity index (χ0v) is 21.4. The molecule has 0 aliphatic rings. The number of benzene rings is 2. The maximum atomic E-state index is 13.0. The minimum absolute atomic E-state index is 0.0442. The first kappa shape index (κ1) is 25.1. The molecule has 3 aromatic heterocycles. The minimum atomic E-state index is -0.289. The van der Waals surface area contributed by atoms with Crippen LogP contribution in [-0.4, -0.2) is 43.6 Å². The van der Waals surface area contributed by atoms with Gasteiger partial charge in [0.05, 0.1) is 23.4 Å². The Morgan fingerprint density at radius 2 is 1.87 bits per heavy atom. The molecular weight excluding hydrogens is 478 g/mol. The van der Waals surface area contributed by atoms with Gasteiger partial charge in [0, 0.05) is 48.4 Å². The van der Waals surface area contributed by atoms with E-state index in [9.17, 15) is 9.59 Å². The smallest absolute Gasteiger partial charge is 0.242 e. The van der Waals surface area contributed by atoms with Crippen LogP contribution in [0.25, 0.3) is 32.9 Å². The van der Waals surface area contributed by atoms with Gasteiger partial charge in [-0.15, -0.1) is 0 Å². The van der Waals surface area contributed by atoms with Crippen molar-refractivity contribution in [3.63, 3.8) is 0 Å². The fourth-order valence-corrected chi connectivity index (χ4v) is 4.61. The molecular formula is C29H31N7O2. The second-order valence-electron chi connectivity index (χ2n) is 9.40. The van der Waals surface area contributed by atoms with Gasteiger partial charge in [-0.2, -0.15) is 5.10 Å². The summed E-state index contributed by atoms with van der Waals surface area (Å²) in [6, 6.07) is 15.7. The summed E-state index contributed by atoms with van der Waals surface area (Å²) < 4.78 is 1.66. The van der Waals surface area contributed by atoms with E-state index in [1.807, 2.05) is 48.8 Å². The highest BCUT2D eigenvalue weighted by Gasteiger charge is 2.19. The van der Waals surface area contributed by atoms with Crippen LogP contribution in [0.4, 0.5) is 0 Å². The van der Waals surface area contributed by atoms with Crippen molar-refractivity contribution in [1.29, 1.82) is 0 Å². The lowest BCUT2D eigenvalue weighted by Gasteiger charge is -2.17. The van der Waals surface area contributed by atoms with Crippen molar-refractivity contribution in [2.75, 3.05) is 7.05 Å². The first-order chi connectivity index (χ1) is 18.6. The van der Waals surface area contributed by atoms with Gasteiger partial charge in [0.2, 0.25) is 11.8 Å². The Balaban J connectivity index is 1.30. The van der Waals surface area contributed by atoms with Gasteiger partial charge in [-0.3, -0.25) is 19.3 Å². The number of unbranched alkanes of at least 4 members (excludes halogenated alkanes) is 2. The predicted octanol–water partition coefficient (Wildman–Crippen LogP) is 4.53. The minimum Gasteiger partial charge on any atom is -0.359 e. The Bertz CT molecular complexity index is 1520. The lowest BCUT2D eigenvalue weighted by atomic mass is 10.1. The van der Waals surface area contributed by atoms with Gasteiger partial charge in [0.15, 0.2) is 0 Å². The summed E-state index contributed by atoms with van der Waals surface area (Å²) in [6.45, 7) is 0.118. The molecule has 194 valence electrons. The summed E-state index contributed by atoms with van der Waals surface area (Å²) in [4.78, 5) is 36.9. The van der Waals surface area contributed by atoms with E-state index in [0.717, 1.165) is 52.2 Å². The number of rotatable bonds is 11. The van der Waals surface area contributed by atoms with Crippen molar-refractivity contribution >= 4 is 33.5 Å². The number of H-pyrrole nitrogens is 1. The van der Waals surface area contributed by atoms with Crippen molar-refractivity contribution in [3.8, 4) is 11.3 Å². The van der Waals surface area contributed by atoms with Crippen LogP contribution in [0.15, 0.2) is 73.3 Å². The molecule has 0 aliphatic carbocycles. The van der Waals surface area contributed by atoms with Crippen molar-refractivity contribution in [3.05, 3.63) is 79.1 Å². The standard InChI is InChI=1S/C29H31N7O2/c1-30-27(37)10-4-2-3-9-25(33-28(38)19-36-18-22-7-5-6-8-24(22)35-36)29-32-17-26(34-29)21-12-11-20-13-14-31-16-23(20)15-21/h5-8,11-18,25H,2-4,9-10,19H2,1H3,(H,30,37)(H,32,34)(H,33,38)/t25-/m0/s1. The first-order valence-electron chi connectivity index (χ1n) is 12.9. The largest absolute Gasteiger partial charge is 0.359 e. The van der Waals surface area contributed by atoms with E-state index < -0.39 is 0 Å². The third kappa shape index (κ3) is 6.05. The number of imidazole rings is 1. The van der Waals surface area contributed by atoms with E-state index >= 15 is 0 Å². The highest BCUT2D eigenvalue weighted by Crippen LogP contribution is 2.25. The normalized spacial score (nSPS) is 12.0. The van der Waals surface area contributed by atoms with Gasteiger partial charge in [-0.05, 0) is 36.4 Å². The quantitative estimate of drug-likeness (QED) is 0.226. The molecule has 0 saturated heterocycles. The lowest BCUT2D eigenvalue weighted by molar-refractivity contribution is -0.122. The van der Waals surface area contributed by atoms with Gasteiger partial charge in [0.25, 0.3) is 0 Å². The molecule has 3 N–H and O–H groups in total. The second-order valence-corrected chi connectivity index (χ2v) is 9.40. The number of hydrogen-bond donors (Lipinski definition) is 3. The second kappa shape index (κ2) is 11.7. The third-order valence-electron chi connectivity index (χ3n) is 6.65. The monoisotopic (exact) mass is 509 g/mol. The van der Waals surface area contributed by atoms with Crippen molar-refractivity contribution < 1.29 is 9.59 Å². The number of aromatic nitrogens is 5. The highest BCUT2D eigenvalue weighted by atomic mass is 16.2. The van der Waals surface area contributed by atoms with Crippen LogP contribution in [-0.2, 0) is 16.1 Å². The lowest BCUT2D eigenvalue weighted by Crippen LogP contribution is -2.32. The van der Waals surface area contributed by atoms with Gasteiger partial charge in [0.1, 0.15) is 12.4 Å². The molecule has 38 heavy (non-hydrogen) atoms. The topological polar surface area (TPSA) is 118 Å². The highest BCUT2D eigenvalue weighted by molar-refractivity contribution is 5.86. The number of carbonyl (C=O) groups is 2. The van der Waals surface area contributed by atoms with Crippen LogP contribution in [0, 0.1) is 0 Å². The molecule has 5 aromatic rings. The van der Waals surface area contributed by atoms with Crippen LogP contribution in [0.3, 0.4) is 0 Å². The average molecular weight is 510 g/mol. The van der Waals surface area contributed by atoms with Crippen molar-refractivity contribution in [2.45, 2.75) is 44.7 Å². The van der Waals surface area contributed by atoms with E-state index in [2.05, 4.69) is 42.8 Å². The number of fused-ring (bicyclic) bond motifs is 2. The molecule has 0 saturated carbocycles. The molecule has 2 aromatic carbocycles. The molecule has 9 nitrogen and oxygen atoms in total. The molecule has 1 atom stereocenters. The molecule has 0 unspecified atom stereocenters. The van der Waals surface area contributed by atoms with Crippen LogP contribution in [0.5, 0.6) is 0 Å². The van der Waals surface area contributed by atoms with Crippen LogP contribution < -0.4 is 10.6 Å². The van der Waals surface area contributed by atoms with Crippen LogP contribution >= 0.6 is 0 Å². The van der Waals surface area contributed by atoms with Crippen LogP contribution in [0.1, 0.15) is 44.0 Å². The molecule has 0 bridgehead atoms. The fourth-order valence-electron chi connectivity index (χ4n) is 4.61. The Labute approximate surface area is 220 Å². The fraction of sp³-hybridized carbons (Fsp3) is 0.276. The number of nitrogens with zero attached hydrogens (tertiary/aromatic N) is 4. The molecule has 0 radical (unpaired) electrons. The molecule has 0 aliphatic heterocycles. The summed E-state index contributed by atoms with van der Waals surface area (Å²) in [5.41, 5.74) is 2.74. The van der Waals surface area contributed by atoms with Gasteiger partial charge < -0.3 is 15.6 Å². The van der Waals surface area contributed by atoms with Gasteiger partial charge >= 0.3 is 0 Å². The summed E-state index contributed by atoms with van der Waals surface area (Å²) >= 11 is 0. The zero-order chi connectivity index (χ0) is 26.3. The molecule has 3 heterocycles. The van der Waals surface area contributed by atoms with E-state index in [0.29, 0.717) is 18.7 Å². The summed E-state index contributed by atoms with van der Waals surface area (Å²) in [5.74, 6) is 0.613. The first-order valence-corrected chi connectivity index (χ1v) is 12.9. The molecule has 2 amide bonds. The maximum Gasteiger partial charge on any atom is 0.242 e. The maximum absolute atomic E-state index is 13.0. The van der Waals surface area contributed by atoms with Gasteiger partial charge in [-0.1, -0.05) is 43.2 Å². The Kier molecular flexibility index (Phi) is 7.73. The third-order valence-corrected chi connectivity index (χ3v) is 6.65. The average Bonchev–Trinajstić information content (AvgIpc) is 3.59. The van der Waals surface area contributed by atoms with E-state index in [1.54, 1.807) is 24.1 Å². The van der Waals surface area contributed by atoms with Crippen molar-refractivity contribution in [1.82, 2.24) is 35.4 Å². The molecule has 5 rings (SSSR count). The Hall–Kier alpha value is -4.53. The number of aromatic amines is 1.